The van der Waals surface area contributed by atoms with Crippen LogP contribution in [0.4, 0.5) is 0 Å². The molecule has 0 heterocycles. The molecule has 0 saturated carbocycles. The fourth-order valence-electron chi connectivity index (χ4n) is 2.37. The van der Waals surface area contributed by atoms with Gasteiger partial charge in [-0.05, 0) is 46.6 Å². The van der Waals surface area contributed by atoms with Gasteiger partial charge in [0.1, 0.15) is 0 Å². The summed E-state index contributed by atoms with van der Waals surface area (Å²) in [6, 6.07) is 13.8. The Hall–Kier alpha value is -1.30. The molecule has 2 aromatic carbocycles. The normalized spacial score (nSPS) is 14.7. The molecule has 2 rings (SSSR count). The summed E-state index contributed by atoms with van der Waals surface area (Å²) >= 11 is 0. The molecule has 0 nitrogen and oxygen atoms in total. The van der Waals surface area contributed by atoms with E-state index < -0.39 is 0 Å². The molecular formula is C18H24. The van der Waals surface area contributed by atoms with Crippen molar-refractivity contribution in [3.63, 3.8) is 0 Å². The van der Waals surface area contributed by atoms with Gasteiger partial charge in [0.2, 0.25) is 0 Å². The van der Waals surface area contributed by atoms with E-state index in [-0.39, 0.29) is 0 Å². The molecule has 0 aliphatic rings. The standard InChI is InChI=1S/C18H24/c1-5-13(3)15-7-9-18-12-16(14(4)6-2)8-10-17(18)11-15/h7-14H,5-6H2,1-4H3. The van der Waals surface area contributed by atoms with Gasteiger partial charge in [0, 0.05) is 0 Å². The predicted octanol–water partition coefficient (Wildman–Crippen LogP) is 5.87. The van der Waals surface area contributed by atoms with Crippen molar-refractivity contribution >= 4 is 10.8 Å². The molecule has 96 valence electrons. The lowest BCUT2D eigenvalue weighted by Gasteiger charge is -2.13. The molecule has 0 aliphatic heterocycles. The van der Waals surface area contributed by atoms with Crippen molar-refractivity contribution in [2.75, 3.05) is 0 Å². The van der Waals surface area contributed by atoms with Crippen molar-refractivity contribution in [3.05, 3.63) is 47.5 Å². The lowest BCUT2D eigenvalue weighted by atomic mass is 9.92. The van der Waals surface area contributed by atoms with Gasteiger partial charge in [-0.3, -0.25) is 0 Å². The third-order valence-corrected chi connectivity index (χ3v) is 4.25. The molecule has 0 amide bonds. The molecule has 2 unspecified atom stereocenters. The largest absolute Gasteiger partial charge is 0.0648 e. The van der Waals surface area contributed by atoms with Crippen LogP contribution in [0.15, 0.2) is 36.4 Å². The Labute approximate surface area is 111 Å². The summed E-state index contributed by atoms with van der Waals surface area (Å²) < 4.78 is 0. The smallest absolute Gasteiger partial charge is 0.0181 e. The van der Waals surface area contributed by atoms with Crippen LogP contribution in [0.2, 0.25) is 0 Å². The van der Waals surface area contributed by atoms with Crippen molar-refractivity contribution < 1.29 is 0 Å². The minimum absolute atomic E-state index is 0.656. The zero-order valence-corrected chi connectivity index (χ0v) is 12.0. The van der Waals surface area contributed by atoms with E-state index in [0.717, 1.165) is 0 Å². The molecule has 0 heteroatoms. The first kappa shape index (κ1) is 13.1. The summed E-state index contributed by atoms with van der Waals surface area (Å²) in [5.41, 5.74) is 2.92. The van der Waals surface area contributed by atoms with Crippen molar-refractivity contribution in [2.45, 2.75) is 52.4 Å². The quantitative estimate of drug-likeness (QED) is 0.627. The average molecular weight is 240 g/mol. The zero-order valence-electron chi connectivity index (χ0n) is 12.0. The second-order valence-corrected chi connectivity index (χ2v) is 5.48. The first-order valence-corrected chi connectivity index (χ1v) is 7.19. The fraction of sp³-hybridized carbons (Fsp3) is 0.444. The SMILES string of the molecule is CCC(C)c1ccc2cc(C(C)CC)ccc2c1. The molecule has 0 aromatic heterocycles. The molecule has 2 aromatic rings. The van der Waals surface area contributed by atoms with Gasteiger partial charge in [-0.2, -0.15) is 0 Å². The molecule has 0 spiro atoms. The van der Waals surface area contributed by atoms with Crippen molar-refractivity contribution in [1.82, 2.24) is 0 Å². The molecule has 2 atom stereocenters. The summed E-state index contributed by atoms with van der Waals surface area (Å²) in [7, 11) is 0. The Morgan fingerprint density at radius 2 is 1.11 bits per heavy atom. The highest BCUT2D eigenvalue weighted by Gasteiger charge is 2.06. The zero-order chi connectivity index (χ0) is 13.1. The third kappa shape index (κ3) is 2.58. The van der Waals surface area contributed by atoms with Crippen LogP contribution >= 0.6 is 0 Å². The van der Waals surface area contributed by atoms with Crippen LogP contribution < -0.4 is 0 Å². The summed E-state index contributed by atoms with van der Waals surface area (Å²) in [5, 5.41) is 2.75. The highest BCUT2D eigenvalue weighted by molar-refractivity contribution is 5.84. The van der Waals surface area contributed by atoms with Gasteiger partial charge >= 0.3 is 0 Å². The Morgan fingerprint density at radius 1 is 0.722 bits per heavy atom. The molecule has 0 radical (unpaired) electrons. The highest BCUT2D eigenvalue weighted by atomic mass is 14.1. The Kier molecular flexibility index (Phi) is 4.06. The molecular weight excluding hydrogens is 216 g/mol. The molecule has 0 saturated heterocycles. The number of hydrogen-bond donors (Lipinski definition) is 0. The monoisotopic (exact) mass is 240 g/mol. The number of fused-ring (bicyclic) bond motifs is 1. The topological polar surface area (TPSA) is 0 Å². The van der Waals surface area contributed by atoms with Gasteiger partial charge < -0.3 is 0 Å². The maximum Gasteiger partial charge on any atom is -0.0181 e. The van der Waals surface area contributed by atoms with Crippen molar-refractivity contribution in [1.29, 1.82) is 0 Å². The van der Waals surface area contributed by atoms with E-state index in [1.54, 1.807) is 0 Å². The van der Waals surface area contributed by atoms with Gasteiger partial charge in [0.05, 0.1) is 0 Å². The van der Waals surface area contributed by atoms with Crippen LogP contribution in [0.5, 0.6) is 0 Å². The Balaban J connectivity index is 2.42. The molecule has 0 fully saturated rings. The lowest BCUT2D eigenvalue weighted by Crippen LogP contribution is -1.93. The summed E-state index contributed by atoms with van der Waals surface area (Å²) in [4.78, 5) is 0. The minimum atomic E-state index is 0.656. The predicted molar refractivity (Wildman–Crippen MR) is 81.4 cm³/mol. The van der Waals surface area contributed by atoms with E-state index in [9.17, 15) is 0 Å². The number of rotatable bonds is 4. The van der Waals surface area contributed by atoms with E-state index in [4.69, 9.17) is 0 Å². The molecule has 0 bridgehead atoms. The average Bonchev–Trinajstić information content (AvgIpc) is 2.44. The van der Waals surface area contributed by atoms with Crippen LogP contribution in [0.25, 0.3) is 10.8 Å². The van der Waals surface area contributed by atoms with E-state index in [2.05, 4.69) is 64.1 Å². The number of benzene rings is 2. The van der Waals surface area contributed by atoms with Crippen LogP contribution in [0.3, 0.4) is 0 Å². The van der Waals surface area contributed by atoms with Gasteiger partial charge in [-0.25, -0.2) is 0 Å². The van der Waals surface area contributed by atoms with Crippen LogP contribution in [-0.4, -0.2) is 0 Å². The van der Waals surface area contributed by atoms with Gasteiger partial charge in [0.15, 0.2) is 0 Å². The first-order chi connectivity index (χ1) is 8.65. The van der Waals surface area contributed by atoms with Crippen LogP contribution in [0, 0.1) is 0 Å². The highest BCUT2D eigenvalue weighted by Crippen LogP contribution is 2.27. The first-order valence-electron chi connectivity index (χ1n) is 7.19. The molecule has 0 aliphatic carbocycles. The fourth-order valence-corrected chi connectivity index (χ4v) is 2.37. The summed E-state index contributed by atoms with van der Waals surface area (Å²) in [6.45, 7) is 9.10. The van der Waals surface area contributed by atoms with E-state index in [1.165, 1.54) is 34.7 Å². The van der Waals surface area contributed by atoms with E-state index in [1.807, 2.05) is 0 Å². The summed E-state index contributed by atoms with van der Waals surface area (Å²) in [6.07, 6.45) is 2.41. The van der Waals surface area contributed by atoms with Crippen molar-refractivity contribution in [2.24, 2.45) is 0 Å². The maximum atomic E-state index is 2.35. The molecule has 18 heavy (non-hydrogen) atoms. The van der Waals surface area contributed by atoms with Crippen LogP contribution in [-0.2, 0) is 0 Å². The lowest BCUT2D eigenvalue weighted by molar-refractivity contribution is 0.733. The van der Waals surface area contributed by atoms with Gasteiger partial charge in [0.25, 0.3) is 0 Å². The maximum absolute atomic E-state index is 2.35. The Morgan fingerprint density at radius 3 is 1.44 bits per heavy atom. The minimum Gasteiger partial charge on any atom is -0.0648 e. The van der Waals surface area contributed by atoms with E-state index >= 15 is 0 Å². The van der Waals surface area contributed by atoms with Gasteiger partial charge in [-0.1, -0.05) is 64.1 Å². The second-order valence-electron chi connectivity index (χ2n) is 5.48. The van der Waals surface area contributed by atoms with Gasteiger partial charge in [-0.15, -0.1) is 0 Å². The third-order valence-electron chi connectivity index (χ3n) is 4.25. The molecule has 0 N–H and O–H groups in total. The Bertz CT molecular complexity index is 475. The van der Waals surface area contributed by atoms with E-state index in [0.29, 0.717) is 11.8 Å². The van der Waals surface area contributed by atoms with Crippen LogP contribution in [0.1, 0.15) is 63.5 Å². The second kappa shape index (κ2) is 5.56. The number of hydrogen-bond acceptors (Lipinski definition) is 0. The summed E-state index contributed by atoms with van der Waals surface area (Å²) in [5.74, 6) is 1.31. The van der Waals surface area contributed by atoms with Crippen molar-refractivity contribution in [3.8, 4) is 0 Å².